The van der Waals surface area contributed by atoms with Crippen molar-refractivity contribution in [1.82, 2.24) is 0 Å². The second kappa shape index (κ2) is 11.6. The first-order chi connectivity index (χ1) is 18.0. The van der Waals surface area contributed by atoms with E-state index in [2.05, 4.69) is 0 Å². The third-order valence-electron chi connectivity index (χ3n) is 5.87. The fourth-order valence-corrected chi connectivity index (χ4v) is 5.20. The Labute approximate surface area is 230 Å². The highest BCUT2D eigenvalue weighted by molar-refractivity contribution is 7.90. The third-order valence-corrected chi connectivity index (χ3v) is 7.54. The van der Waals surface area contributed by atoms with E-state index in [1.54, 1.807) is 6.07 Å². The molecule has 198 valence electrons. The minimum atomic E-state index is -3.48. The largest absolute Gasteiger partial charge is 0.488 e. The van der Waals surface area contributed by atoms with Gasteiger partial charge in [-0.2, -0.15) is 0 Å². The van der Waals surface area contributed by atoms with Crippen LogP contribution in [0.15, 0.2) is 77.7 Å². The van der Waals surface area contributed by atoms with Gasteiger partial charge < -0.3 is 20.3 Å². The van der Waals surface area contributed by atoms with Gasteiger partial charge in [0.05, 0.1) is 14.9 Å². The number of ether oxygens (including phenoxy) is 2. The highest BCUT2D eigenvalue weighted by atomic mass is 35.5. The SMILES string of the molecule is CS(=O)(=O)c1ccc(OCc2ccc3ccccc3c2)c(COc2c(Cl)cc(CC(N)C(=O)O)cc2Cl)c1. The predicted octanol–water partition coefficient (Wildman–Crippen LogP) is 5.66. The number of carboxylic acid groups (broad SMARTS) is 1. The first kappa shape index (κ1) is 27.7. The van der Waals surface area contributed by atoms with Gasteiger partial charge in [-0.05, 0) is 64.7 Å². The lowest BCUT2D eigenvalue weighted by molar-refractivity contribution is -0.138. The molecule has 1 unspecified atom stereocenters. The molecule has 0 aliphatic carbocycles. The van der Waals surface area contributed by atoms with Crippen molar-refractivity contribution in [2.75, 3.05) is 6.26 Å². The molecule has 0 saturated carbocycles. The molecule has 0 heterocycles. The molecule has 4 aromatic carbocycles. The van der Waals surface area contributed by atoms with Gasteiger partial charge in [0, 0.05) is 11.8 Å². The zero-order valence-corrected chi connectivity index (χ0v) is 22.7. The van der Waals surface area contributed by atoms with Gasteiger partial charge in [-0.3, -0.25) is 4.79 Å². The van der Waals surface area contributed by atoms with E-state index in [1.165, 1.54) is 24.3 Å². The lowest BCUT2D eigenvalue weighted by Crippen LogP contribution is -2.32. The monoisotopic (exact) mass is 573 g/mol. The molecule has 7 nitrogen and oxygen atoms in total. The number of hydrogen-bond acceptors (Lipinski definition) is 6. The van der Waals surface area contributed by atoms with Gasteiger partial charge in [0.1, 0.15) is 25.0 Å². The smallest absolute Gasteiger partial charge is 0.320 e. The molecular weight excluding hydrogens is 549 g/mol. The van der Waals surface area contributed by atoms with Crippen LogP contribution < -0.4 is 15.2 Å². The summed E-state index contributed by atoms with van der Waals surface area (Å²) in [4.78, 5) is 11.2. The molecule has 0 fully saturated rings. The number of hydrogen-bond donors (Lipinski definition) is 2. The summed E-state index contributed by atoms with van der Waals surface area (Å²) in [6.07, 6.45) is 1.16. The highest BCUT2D eigenvalue weighted by Gasteiger charge is 2.18. The minimum absolute atomic E-state index is 0.0399. The van der Waals surface area contributed by atoms with Crippen LogP contribution in [-0.2, 0) is 34.3 Å². The normalized spacial score (nSPS) is 12.3. The van der Waals surface area contributed by atoms with Gasteiger partial charge in [-0.1, -0.05) is 59.6 Å². The Hall–Kier alpha value is -3.30. The summed E-state index contributed by atoms with van der Waals surface area (Å²) in [5, 5.41) is 11.6. The van der Waals surface area contributed by atoms with Gasteiger partial charge in [-0.25, -0.2) is 8.42 Å². The lowest BCUT2D eigenvalue weighted by Gasteiger charge is -2.16. The molecule has 10 heteroatoms. The first-order valence-corrected chi connectivity index (χ1v) is 14.2. The molecule has 4 aromatic rings. The van der Waals surface area contributed by atoms with E-state index in [-0.39, 0.29) is 40.3 Å². The lowest BCUT2D eigenvalue weighted by atomic mass is 10.1. The molecule has 0 amide bonds. The van der Waals surface area contributed by atoms with Gasteiger partial charge in [-0.15, -0.1) is 0 Å². The molecule has 1 atom stereocenters. The Bertz CT molecular complexity index is 1580. The van der Waals surface area contributed by atoms with Crippen molar-refractivity contribution in [3.05, 3.63) is 99.5 Å². The van der Waals surface area contributed by atoms with E-state index < -0.39 is 21.8 Å². The molecule has 38 heavy (non-hydrogen) atoms. The minimum Gasteiger partial charge on any atom is -0.488 e. The summed E-state index contributed by atoms with van der Waals surface area (Å²) < 4.78 is 36.3. The summed E-state index contributed by atoms with van der Waals surface area (Å²) in [5.74, 6) is -0.521. The molecule has 4 rings (SSSR count). The van der Waals surface area contributed by atoms with Crippen molar-refractivity contribution in [1.29, 1.82) is 0 Å². The highest BCUT2D eigenvalue weighted by Crippen LogP contribution is 2.36. The number of sulfone groups is 1. The second-order valence-electron chi connectivity index (χ2n) is 8.84. The molecule has 0 saturated heterocycles. The van der Waals surface area contributed by atoms with Crippen LogP contribution in [0.25, 0.3) is 10.8 Å². The topological polar surface area (TPSA) is 116 Å². The van der Waals surface area contributed by atoms with Crippen LogP contribution >= 0.6 is 23.2 Å². The van der Waals surface area contributed by atoms with Crippen LogP contribution in [0.5, 0.6) is 11.5 Å². The van der Waals surface area contributed by atoms with Gasteiger partial charge in [0.25, 0.3) is 0 Å². The summed E-state index contributed by atoms with van der Waals surface area (Å²) in [6, 6.07) is 20.6. The van der Waals surface area contributed by atoms with Crippen LogP contribution in [0.1, 0.15) is 16.7 Å². The maximum atomic E-state index is 12.2. The number of benzene rings is 4. The van der Waals surface area contributed by atoms with Gasteiger partial charge in [0.2, 0.25) is 0 Å². The van der Waals surface area contributed by atoms with Crippen LogP contribution in [-0.4, -0.2) is 31.8 Å². The molecule has 0 bridgehead atoms. The number of halogens is 2. The quantitative estimate of drug-likeness (QED) is 0.251. The van der Waals surface area contributed by atoms with Crippen LogP contribution in [0.3, 0.4) is 0 Å². The molecule has 0 spiro atoms. The summed E-state index contributed by atoms with van der Waals surface area (Å²) in [7, 11) is -3.48. The van der Waals surface area contributed by atoms with E-state index in [4.69, 9.17) is 43.5 Å². The number of aliphatic carboxylic acids is 1. The van der Waals surface area contributed by atoms with Crippen molar-refractivity contribution >= 4 is 49.8 Å². The standard InChI is InChI=1S/C28H25Cl2NO6S/c1-38(34,35)22-8-9-26(36-15-17-6-7-19-4-2-3-5-20(19)10-17)21(14-22)16-37-27-23(29)11-18(12-24(27)30)13-25(31)28(32)33/h2-12,14,25H,13,15-16,31H2,1H3,(H,32,33). The number of rotatable bonds is 10. The number of nitrogens with two attached hydrogens (primary N) is 1. The zero-order valence-electron chi connectivity index (χ0n) is 20.4. The average molecular weight is 574 g/mol. The van der Waals surface area contributed by atoms with Crippen molar-refractivity contribution in [3.8, 4) is 11.5 Å². The summed E-state index contributed by atoms with van der Waals surface area (Å²) >= 11 is 12.7. The fourth-order valence-electron chi connectivity index (χ4n) is 3.89. The number of carbonyl (C=O) groups is 1. The van der Waals surface area contributed by atoms with E-state index in [9.17, 15) is 13.2 Å². The van der Waals surface area contributed by atoms with Gasteiger partial charge in [0.15, 0.2) is 15.6 Å². The molecule has 0 radical (unpaired) electrons. The van der Waals surface area contributed by atoms with Gasteiger partial charge >= 0.3 is 5.97 Å². The maximum Gasteiger partial charge on any atom is 0.320 e. The summed E-state index contributed by atoms with van der Waals surface area (Å²) in [5.41, 5.74) is 7.58. The average Bonchev–Trinajstić information content (AvgIpc) is 2.86. The Morgan fingerprint density at radius 2 is 1.58 bits per heavy atom. The zero-order chi connectivity index (χ0) is 27.4. The summed E-state index contributed by atoms with van der Waals surface area (Å²) in [6.45, 7) is 0.180. The van der Waals surface area contributed by atoms with Crippen molar-refractivity contribution in [2.45, 2.75) is 30.6 Å². The Morgan fingerprint density at radius 3 is 2.24 bits per heavy atom. The molecular formula is C28H25Cl2NO6S. The van der Waals surface area contributed by atoms with Crippen LogP contribution in [0, 0.1) is 0 Å². The Balaban J connectivity index is 1.56. The maximum absolute atomic E-state index is 12.2. The Kier molecular flexibility index (Phi) is 8.47. The number of fused-ring (bicyclic) bond motifs is 1. The molecule has 0 aliphatic rings. The molecule has 3 N–H and O–H groups in total. The number of carboxylic acids is 1. The van der Waals surface area contributed by atoms with Crippen molar-refractivity contribution in [2.24, 2.45) is 5.73 Å². The molecule has 0 aromatic heterocycles. The van der Waals surface area contributed by atoms with E-state index >= 15 is 0 Å². The van der Waals surface area contributed by atoms with E-state index in [0.29, 0.717) is 16.9 Å². The fraction of sp³-hybridized carbons (Fsp3) is 0.179. The van der Waals surface area contributed by atoms with E-state index in [1.807, 2.05) is 42.5 Å². The second-order valence-corrected chi connectivity index (χ2v) is 11.7. The first-order valence-electron chi connectivity index (χ1n) is 11.5. The van der Waals surface area contributed by atoms with Crippen LogP contribution in [0.2, 0.25) is 10.0 Å². The van der Waals surface area contributed by atoms with Crippen molar-refractivity contribution < 1.29 is 27.8 Å². The van der Waals surface area contributed by atoms with Crippen molar-refractivity contribution in [3.63, 3.8) is 0 Å². The third kappa shape index (κ3) is 6.76. The Morgan fingerprint density at radius 1 is 0.895 bits per heavy atom. The van der Waals surface area contributed by atoms with Crippen LogP contribution in [0.4, 0.5) is 0 Å². The van der Waals surface area contributed by atoms with E-state index in [0.717, 1.165) is 22.6 Å². The predicted molar refractivity (Wildman–Crippen MR) is 148 cm³/mol. The molecule has 0 aliphatic heterocycles.